The Balaban J connectivity index is 2.02. The van der Waals surface area contributed by atoms with E-state index in [1.165, 1.54) is 18.2 Å². The van der Waals surface area contributed by atoms with Crippen LogP contribution >= 0.6 is 11.6 Å². The Labute approximate surface area is 122 Å². The van der Waals surface area contributed by atoms with Crippen molar-refractivity contribution >= 4 is 27.3 Å². The lowest BCUT2D eigenvalue weighted by Gasteiger charge is -2.08. The molecule has 2 rings (SSSR count). The highest BCUT2D eigenvalue weighted by Gasteiger charge is 2.14. The summed E-state index contributed by atoms with van der Waals surface area (Å²) in [4.78, 5) is 4.07. The number of nitrogens with one attached hydrogen (secondary N) is 1. The minimum Gasteiger partial charge on any atom is -0.397 e. The number of hydrogen-bond acceptors (Lipinski definition) is 4. The highest BCUT2D eigenvalue weighted by atomic mass is 35.5. The molecule has 1 aromatic carbocycles. The largest absolute Gasteiger partial charge is 0.397 e. The van der Waals surface area contributed by atoms with E-state index in [-0.39, 0.29) is 17.1 Å². The Morgan fingerprint density at radius 1 is 1.30 bits per heavy atom. The van der Waals surface area contributed by atoms with Crippen molar-refractivity contribution < 1.29 is 8.42 Å². The maximum atomic E-state index is 12.1. The van der Waals surface area contributed by atoms with Crippen LogP contribution in [0.2, 0.25) is 5.02 Å². The number of aromatic nitrogens is 1. The molecule has 106 valence electrons. The normalized spacial score (nSPS) is 11.4. The van der Waals surface area contributed by atoms with Crippen LogP contribution in [0.25, 0.3) is 0 Å². The molecule has 0 amide bonds. The number of rotatable bonds is 5. The number of hydrogen-bond donors (Lipinski definition) is 2. The second-order valence-electron chi connectivity index (χ2n) is 4.19. The van der Waals surface area contributed by atoms with Crippen LogP contribution in [0.3, 0.4) is 0 Å². The summed E-state index contributed by atoms with van der Waals surface area (Å²) in [6.45, 7) is 0.288. The minimum absolute atomic E-state index is 0.102. The van der Waals surface area contributed by atoms with E-state index in [1.807, 2.05) is 12.1 Å². The third kappa shape index (κ3) is 3.69. The van der Waals surface area contributed by atoms with Gasteiger partial charge in [0, 0.05) is 18.9 Å². The van der Waals surface area contributed by atoms with Crippen molar-refractivity contribution in [2.45, 2.75) is 11.3 Å². The van der Waals surface area contributed by atoms with E-state index in [1.54, 1.807) is 12.4 Å². The number of benzene rings is 1. The Kier molecular flexibility index (Phi) is 4.59. The fourth-order valence-corrected chi connectivity index (χ4v) is 2.83. The minimum atomic E-state index is -3.58. The second kappa shape index (κ2) is 6.21. The van der Waals surface area contributed by atoms with Gasteiger partial charge in [0.2, 0.25) is 10.0 Å². The number of sulfonamides is 1. The first-order valence-electron chi connectivity index (χ1n) is 5.92. The quantitative estimate of drug-likeness (QED) is 0.825. The molecule has 5 nitrogen and oxygen atoms in total. The number of nitrogens with two attached hydrogens (primary N) is 1. The van der Waals surface area contributed by atoms with E-state index in [2.05, 4.69) is 9.71 Å². The molecule has 0 saturated carbocycles. The number of halogens is 1. The Hall–Kier alpha value is -1.63. The SMILES string of the molecule is Nc1cc(S(=O)(=O)NCCc2cccnc2)ccc1Cl. The van der Waals surface area contributed by atoms with Gasteiger partial charge in [-0.3, -0.25) is 4.98 Å². The van der Waals surface area contributed by atoms with Gasteiger partial charge in [0.1, 0.15) is 0 Å². The van der Waals surface area contributed by atoms with Gasteiger partial charge in [-0.2, -0.15) is 0 Å². The van der Waals surface area contributed by atoms with Crippen LogP contribution in [-0.4, -0.2) is 19.9 Å². The van der Waals surface area contributed by atoms with Gasteiger partial charge in [-0.1, -0.05) is 17.7 Å². The van der Waals surface area contributed by atoms with Crippen molar-refractivity contribution in [3.63, 3.8) is 0 Å². The highest BCUT2D eigenvalue weighted by Crippen LogP contribution is 2.21. The summed E-state index contributed by atoms with van der Waals surface area (Å²) >= 11 is 5.77. The predicted octanol–water partition coefficient (Wildman–Crippen LogP) is 1.84. The number of anilines is 1. The van der Waals surface area contributed by atoms with Crippen molar-refractivity contribution in [1.82, 2.24) is 9.71 Å². The number of pyridine rings is 1. The molecule has 20 heavy (non-hydrogen) atoms. The molecule has 0 unspecified atom stereocenters. The van der Waals surface area contributed by atoms with Crippen LogP contribution in [0.5, 0.6) is 0 Å². The third-order valence-electron chi connectivity index (χ3n) is 2.71. The summed E-state index contributed by atoms with van der Waals surface area (Å²) in [6, 6.07) is 7.93. The standard InChI is InChI=1S/C13H14ClN3O2S/c14-12-4-3-11(8-13(12)15)20(18,19)17-7-5-10-2-1-6-16-9-10/h1-4,6,8-9,17H,5,7,15H2. The summed E-state index contributed by atoms with van der Waals surface area (Å²) in [5.74, 6) is 0. The zero-order chi connectivity index (χ0) is 14.6. The fourth-order valence-electron chi connectivity index (χ4n) is 1.65. The molecule has 1 aromatic heterocycles. The Bertz CT molecular complexity index is 690. The first-order chi connectivity index (χ1) is 9.49. The first kappa shape index (κ1) is 14.8. The van der Waals surface area contributed by atoms with Gasteiger partial charge in [0.25, 0.3) is 0 Å². The van der Waals surface area contributed by atoms with E-state index in [0.29, 0.717) is 11.4 Å². The molecular weight excluding hydrogens is 298 g/mol. The first-order valence-corrected chi connectivity index (χ1v) is 7.79. The molecule has 1 heterocycles. The predicted molar refractivity (Wildman–Crippen MR) is 79.0 cm³/mol. The summed E-state index contributed by atoms with van der Waals surface area (Å²) in [5.41, 5.74) is 6.81. The van der Waals surface area contributed by atoms with Crippen LogP contribution in [0.15, 0.2) is 47.6 Å². The van der Waals surface area contributed by atoms with Crippen molar-refractivity contribution in [1.29, 1.82) is 0 Å². The molecule has 3 N–H and O–H groups in total. The molecular formula is C13H14ClN3O2S. The van der Waals surface area contributed by atoms with E-state index < -0.39 is 10.0 Å². The van der Waals surface area contributed by atoms with Gasteiger partial charge < -0.3 is 5.73 Å². The van der Waals surface area contributed by atoms with Gasteiger partial charge in [-0.05, 0) is 36.2 Å². The molecule has 0 spiro atoms. The maximum Gasteiger partial charge on any atom is 0.240 e. The maximum absolute atomic E-state index is 12.1. The average Bonchev–Trinajstić information content (AvgIpc) is 2.43. The van der Waals surface area contributed by atoms with Crippen LogP contribution < -0.4 is 10.5 Å². The lowest BCUT2D eigenvalue weighted by molar-refractivity contribution is 0.581. The van der Waals surface area contributed by atoms with E-state index in [0.717, 1.165) is 5.56 Å². The fraction of sp³-hybridized carbons (Fsp3) is 0.154. The average molecular weight is 312 g/mol. The lowest BCUT2D eigenvalue weighted by Crippen LogP contribution is -2.26. The van der Waals surface area contributed by atoms with Gasteiger partial charge in [0.05, 0.1) is 15.6 Å². The molecule has 0 fully saturated rings. The Morgan fingerprint density at radius 3 is 2.75 bits per heavy atom. The molecule has 0 bridgehead atoms. The van der Waals surface area contributed by atoms with Crippen molar-refractivity contribution in [3.05, 3.63) is 53.3 Å². The summed E-state index contributed by atoms with van der Waals surface area (Å²) in [7, 11) is -3.58. The molecule has 7 heteroatoms. The molecule has 0 saturated heterocycles. The second-order valence-corrected chi connectivity index (χ2v) is 6.37. The third-order valence-corrected chi connectivity index (χ3v) is 4.51. The van der Waals surface area contributed by atoms with Crippen molar-refractivity contribution in [2.75, 3.05) is 12.3 Å². The molecule has 0 aliphatic rings. The van der Waals surface area contributed by atoms with Crippen LogP contribution in [0.1, 0.15) is 5.56 Å². The van der Waals surface area contributed by atoms with Gasteiger partial charge in [-0.15, -0.1) is 0 Å². The lowest BCUT2D eigenvalue weighted by atomic mass is 10.2. The summed E-state index contributed by atoms with van der Waals surface area (Å²) in [5, 5.41) is 0.333. The monoisotopic (exact) mass is 311 g/mol. The van der Waals surface area contributed by atoms with Gasteiger partial charge in [0.15, 0.2) is 0 Å². The number of nitrogens with zero attached hydrogens (tertiary/aromatic N) is 1. The van der Waals surface area contributed by atoms with Crippen LogP contribution in [-0.2, 0) is 16.4 Å². The molecule has 0 atom stereocenters. The van der Waals surface area contributed by atoms with E-state index in [9.17, 15) is 8.42 Å². The van der Waals surface area contributed by atoms with E-state index >= 15 is 0 Å². The van der Waals surface area contributed by atoms with Gasteiger partial charge >= 0.3 is 0 Å². The molecule has 2 aromatic rings. The zero-order valence-corrected chi connectivity index (χ0v) is 12.2. The van der Waals surface area contributed by atoms with Crippen molar-refractivity contribution in [2.24, 2.45) is 0 Å². The zero-order valence-electron chi connectivity index (χ0n) is 10.6. The van der Waals surface area contributed by atoms with Gasteiger partial charge in [-0.25, -0.2) is 13.1 Å². The van der Waals surface area contributed by atoms with E-state index in [4.69, 9.17) is 17.3 Å². The number of nitrogen functional groups attached to an aromatic ring is 1. The molecule has 0 aliphatic carbocycles. The van der Waals surface area contributed by atoms with Crippen LogP contribution in [0, 0.1) is 0 Å². The molecule has 0 aliphatic heterocycles. The Morgan fingerprint density at radius 2 is 2.10 bits per heavy atom. The van der Waals surface area contributed by atoms with Crippen molar-refractivity contribution in [3.8, 4) is 0 Å². The smallest absolute Gasteiger partial charge is 0.240 e. The topological polar surface area (TPSA) is 85.1 Å². The molecule has 0 radical (unpaired) electrons. The summed E-state index contributed by atoms with van der Waals surface area (Å²) in [6.07, 6.45) is 3.94. The summed E-state index contributed by atoms with van der Waals surface area (Å²) < 4.78 is 26.6. The highest BCUT2D eigenvalue weighted by molar-refractivity contribution is 7.89. The van der Waals surface area contributed by atoms with Crippen LogP contribution in [0.4, 0.5) is 5.69 Å².